The molecule has 0 N–H and O–H groups in total. The van der Waals surface area contributed by atoms with Crippen LogP contribution in [0.3, 0.4) is 0 Å². The van der Waals surface area contributed by atoms with Crippen molar-refractivity contribution in [3.8, 4) is 5.75 Å². The van der Waals surface area contributed by atoms with Crippen molar-refractivity contribution in [2.45, 2.75) is 13.3 Å². The molecule has 0 fully saturated rings. The second-order valence-electron chi connectivity index (χ2n) is 3.70. The number of ketones is 1. The smallest absolute Gasteiger partial charge is 0.186 e. The maximum absolute atomic E-state index is 11.9. The van der Waals surface area contributed by atoms with E-state index in [1.165, 1.54) is 11.3 Å². The van der Waals surface area contributed by atoms with E-state index in [9.17, 15) is 4.79 Å². The predicted octanol–water partition coefficient (Wildman–Crippen LogP) is 2.89. The van der Waals surface area contributed by atoms with E-state index in [2.05, 4.69) is 4.98 Å². The van der Waals surface area contributed by atoms with Crippen LogP contribution in [0.15, 0.2) is 29.6 Å². The van der Waals surface area contributed by atoms with E-state index in [1.54, 1.807) is 12.5 Å². The van der Waals surface area contributed by atoms with Crippen LogP contribution in [-0.2, 0) is 6.42 Å². The van der Waals surface area contributed by atoms with Gasteiger partial charge in [-0.2, -0.15) is 0 Å². The summed E-state index contributed by atoms with van der Waals surface area (Å²) in [6.07, 6.45) is 0.382. The number of carbonyl (C=O) groups is 1. The van der Waals surface area contributed by atoms with Gasteiger partial charge in [-0.25, -0.2) is 4.98 Å². The maximum atomic E-state index is 11.9. The number of thiazole rings is 1. The Kier molecular flexibility index (Phi) is 3.54. The van der Waals surface area contributed by atoms with Crippen LogP contribution < -0.4 is 4.74 Å². The van der Waals surface area contributed by atoms with E-state index < -0.39 is 0 Å². The molecule has 0 unspecified atom stereocenters. The molecule has 1 aromatic heterocycles. The number of aromatic nitrogens is 1. The Morgan fingerprint density at radius 1 is 1.35 bits per heavy atom. The van der Waals surface area contributed by atoms with Crippen molar-refractivity contribution < 1.29 is 9.53 Å². The quantitative estimate of drug-likeness (QED) is 0.780. The van der Waals surface area contributed by atoms with Crippen LogP contribution in [0.25, 0.3) is 0 Å². The Balaban J connectivity index is 2.07. The molecule has 0 atom stereocenters. The highest BCUT2D eigenvalue weighted by Gasteiger charge is 2.10. The first-order valence-electron chi connectivity index (χ1n) is 5.27. The average molecular weight is 247 g/mol. The summed E-state index contributed by atoms with van der Waals surface area (Å²) in [5.74, 6) is 0.852. The summed E-state index contributed by atoms with van der Waals surface area (Å²) in [6, 6.07) is 7.51. The van der Waals surface area contributed by atoms with E-state index in [-0.39, 0.29) is 5.78 Å². The fraction of sp³-hybridized carbons (Fsp3) is 0.231. The number of nitrogens with zero attached hydrogens (tertiary/aromatic N) is 1. The molecule has 0 amide bonds. The lowest BCUT2D eigenvalue weighted by Gasteiger charge is -2.01. The molecule has 0 saturated carbocycles. The zero-order valence-electron chi connectivity index (χ0n) is 9.77. The molecule has 0 radical (unpaired) electrons. The largest absolute Gasteiger partial charge is 0.497 e. The first kappa shape index (κ1) is 11.8. The number of benzene rings is 1. The fourth-order valence-corrected chi connectivity index (χ4v) is 2.13. The van der Waals surface area contributed by atoms with Gasteiger partial charge >= 0.3 is 0 Å². The number of hydrogen-bond donors (Lipinski definition) is 0. The molecule has 1 heterocycles. The average Bonchev–Trinajstić information content (AvgIpc) is 2.77. The summed E-state index contributed by atoms with van der Waals surface area (Å²) < 4.78 is 5.07. The number of hydrogen-bond acceptors (Lipinski definition) is 4. The van der Waals surface area contributed by atoms with Gasteiger partial charge in [0.1, 0.15) is 11.4 Å². The molecular weight excluding hydrogens is 234 g/mol. The molecule has 0 aliphatic heterocycles. The fourth-order valence-electron chi connectivity index (χ4n) is 1.51. The number of carbonyl (C=O) groups excluding carboxylic acids is 1. The van der Waals surface area contributed by atoms with Crippen LogP contribution in [0.1, 0.15) is 21.1 Å². The molecule has 1 aromatic carbocycles. The van der Waals surface area contributed by atoms with Crippen molar-refractivity contribution in [1.82, 2.24) is 4.98 Å². The van der Waals surface area contributed by atoms with E-state index in [0.29, 0.717) is 12.1 Å². The van der Waals surface area contributed by atoms with Gasteiger partial charge in [0.25, 0.3) is 0 Å². The molecule has 88 valence electrons. The van der Waals surface area contributed by atoms with Crippen molar-refractivity contribution in [2.75, 3.05) is 7.11 Å². The molecule has 0 spiro atoms. The molecular formula is C13H13NO2S. The van der Waals surface area contributed by atoms with Gasteiger partial charge in [0.2, 0.25) is 0 Å². The van der Waals surface area contributed by atoms with Crippen molar-refractivity contribution in [1.29, 1.82) is 0 Å². The summed E-state index contributed by atoms with van der Waals surface area (Å²) in [5, 5.41) is 2.73. The minimum Gasteiger partial charge on any atom is -0.497 e. The Hall–Kier alpha value is -1.68. The highest BCUT2D eigenvalue weighted by atomic mass is 32.1. The third-order valence-corrected chi connectivity index (χ3v) is 3.20. The van der Waals surface area contributed by atoms with Crippen molar-refractivity contribution in [3.63, 3.8) is 0 Å². The summed E-state index contributed by atoms with van der Waals surface area (Å²) in [6.45, 7) is 1.90. The molecule has 0 saturated heterocycles. The van der Waals surface area contributed by atoms with Gasteiger partial charge in [-0.15, -0.1) is 11.3 Å². The van der Waals surface area contributed by atoms with Gasteiger partial charge < -0.3 is 4.74 Å². The van der Waals surface area contributed by atoms with Crippen LogP contribution >= 0.6 is 11.3 Å². The minimum absolute atomic E-state index is 0.0551. The van der Waals surface area contributed by atoms with Gasteiger partial charge in [-0.05, 0) is 24.6 Å². The maximum Gasteiger partial charge on any atom is 0.186 e. The molecule has 4 heteroatoms. The predicted molar refractivity (Wildman–Crippen MR) is 67.9 cm³/mol. The lowest BCUT2D eigenvalue weighted by molar-refractivity contribution is 0.0988. The number of Topliss-reactive ketones (excluding diaryl/α,β-unsaturated/α-hetero) is 1. The van der Waals surface area contributed by atoms with Crippen LogP contribution in [0, 0.1) is 6.92 Å². The van der Waals surface area contributed by atoms with Crippen LogP contribution in [0.4, 0.5) is 0 Å². The van der Waals surface area contributed by atoms with E-state index in [0.717, 1.165) is 16.3 Å². The van der Waals surface area contributed by atoms with Crippen LogP contribution in [0.2, 0.25) is 0 Å². The molecule has 0 aliphatic rings. The molecule has 3 nitrogen and oxygen atoms in total. The Morgan fingerprint density at radius 3 is 2.59 bits per heavy atom. The Bertz CT molecular complexity index is 516. The molecule has 2 aromatic rings. The lowest BCUT2D eigenvalue weighted by Crippen LogP contribution is -2.03. The van der Waals surface area contributed by atoms with E-state index in [4.69, 9.17) is 4.74 Å². The van der Waals surface area contributed by atoms with Gasteiger partial charge in [0.05, 0.1) is 12.1 Å². The molecule has 17 heavy (non-hydrogen) atoms. The Morgan fingerprint density at radius 2 is 2.06 bits per heavy atom. The highest BCUT2D eigenvalue weighted by Crippen LogP contribution is 2.14. The number of rotatable bonds is 4. The SMILES string of the molecule is COc1ccc(CC(=O)c2csc(C)n2)cc1. The zero-order chi connectivity index (χ0) is 12.3. The first-order valence-corrected chi connectivity index (χ1v) is 6.15. The molecule has 0 aliphatic carbocycles. The zero-order valence-corrected chi connectivity index (χ0v) is 10.6. The first-order chi connectivity index (χ1) is 8.19. The third kappa shape index (κ3) is 2.91. The summed E-state index contributed by atoms with van der Waals surface area (Å²) in [5.41, 5.74) is 1.53. The van der Waals surface area contributed by atoms with E-state index >= 15 is 0 Å². The second kappa shape index (κ2) is 5.10. The van der Waals surface area contributed by atoms with Crippen LogP contribution in [-0.4, -0.2) is 17.9 Å². The normalized spacial score (nSPS) is 10.2. The minimum atomic E-state index is 0.0551. The van der Waals surface area contributed by atoms with Gasteiger partial charge in [0, 0.05) is 11.8 Å². The third-order valence-electron chi connectivity index (χ3n) is 2.43. The summed E-state index contributed by atoms with van der Waals surface area (Å²) in [7, 11) is 1.62. The van der Waals surface area contributed by atoms with Crippen LogP contribution in [0.5, 0.6) is 5.75 Å². The number of ether oxygens (including phenoxy) is 1. The second-order valence-corrected chi connectivity index (χ2v) is 4.76. The van der Waals surface area contributed by atoms with Gasteiger partial charge in [-0.1, -0.05) is 12.1 Å². The standard InChI is InChI=1S/C13H13NO2S/c1-9-14-12(8-17-9)13(15)7-10-3-5-11(16-2)6-4-10/h3-6,8H,7H2,1-2H3. The monoisotopic (exact) mass is 247 g/mol. The van der Waals surface area contributed by atoms with E-state index in [1.807, 2.05) is 31.2 Å². The Labute approximate surface area is 104 Å². The van der Waals surface area contributed by atoms with Crippen molar-refractivity contribution >= 4 is 17.1 Å². The summed E-state index contributed by atoms with van der Waals surface area (Å²) in [4.78, 5) is 16.1. The topological polar surface area (TPSA) is 39.2 Å². The number of aryl methyl sites for hydroxylation is 1. The number of methoxy groups -OCH3 is 1. The molecule has 0 bridgehead atoms. The van der Waals surface area contributed by atoms with Crippen molar-refractivity contribution in [3.05, 3.63) is 45.9 Å². The molecule has 2 rings (SSSR count). The van der Waals surface area contributed by atoms with Gasteiger partial charge in [0.15, 0.2) is 5.78 Å². The van der Waals surface area contributed by atoms with Gasteiger partial charge in [-0.3, -0.25) is 4.79 Å². The summed E-state index contributed by atoms with van der Waals surface area (Å²) >= 11 is 1.50. The lowest BCUT2D eigenvalue weighted by atomic mass is 10.1. The highest BCUT2D eigenvalue weighted by molar-refractivity contribution is 7.09. The van der Waals surface area contributed by atoms with Crippen molar-refractivity contribution in [2.24, 2.45) is 0 Å².